The minimum atomic E-state index is -0.447. The maximum absolute atomic E-state index is 8.77. The molecule has 0 spiro atoms. The molecule has 0 aliphatic carbocycles. The second-order valence-electron chi connectivity index (χ2n) is 3.13. The zero-order chi connectivity index (χ0) is 9.03. The Morgan fingerprint density at radius 1 is 1.50 bits per heavy atom. The van der Waals surface area contributed by atoms with Gasteiger partial charge in [0.25, 0.3) is 0 Å². The van der Waals surface area contributed by atoms with Crippen LogP contribution in [0.1, 0.15) is 18.9 Å². The topological polar surface area (TPSA) is 59.1 Å². The lowest BCUT2D eigenvalue weighted by molar-refractivity contribution is 0.247. The minimum absolute atomic E-state index is 0.106. The first-order valence-corrected chi connectivity index (χ1v) is 3.97. The number of rotatable bonds is 3. The summed E-state index contributed by atoms with van der Waals surface area (Å²) in [5.74, 6) is 0. The van der Waals surface area contributed by atoms with E-state index in [0.29, 0.717) is 6.42 Å². The molecule has 3 heteroatoms. The lowest BCUT2D eigenvalue weighted by atomic mass is 9.91. The van der Waals surface area contributed by atoms with Gasteiger partial charge in [-0.2, -0.15) is 0 Å². The number of aliphatic hydroxyl groups excluding tert-OH is 1. The van der Waals surface area contributed by atoms with Gasteiger partial charge in [-0.05, 0) is 31.0 Å². The summed E-state index contributed by atoms with van der Waals surface area (Å²) in [4.78, 5) is 3.90. The van der Waals surface area contributed by atoms with Crippen molar-refractivity contribution in [3.8, 4) is 0 Å². The second kappa shape index (κ2) is 3.65. The molecule has 0 saturated heterocycles. The Balaban J connectivity index is 2.82. The van der Waals surface area contributed by atoms with Gasteiger partial charge in [0.1, 0.15) is 0 Å². The molecular formula is C9H14N2O. The molecule has 1 heterocycles. The number of nitrogens with two attached hydrogens (primary N) is 1. The number of hydrogen-bond donors (Lipinski definition) is 2. The summed E-state index contributed by atoms with van der Waals surface area (Å²) in [6, 6.07) is 3.74. The van der Waals surface area contributed by atoms with Crippen LogP contribution in [0.4, 0.5) is 0 Å². The Morgan fingerprint density at radius 3 is 2.58 bits per heavy atom. The number of pyridine rings is 1. The monoisotopic (exact) mass is 166 g/mol. The third kappa shape index (κ3) is 2.03. The summed E-state index contributed by atoms with van der Waals surface area (Å²) in [7, 11) is 0. The summed E-state index contributed by atoms with van der Waals surface area (Å²) < 4.78 is 0. The predicted octanol–water partition coefficient (Wildman–Crippen LogP) is 0.638. The van der Waals surface area contributed by atoms with Crippen LogP contribution in [0.25, 0.3) is 0 Å². The van der Waals surface area contributed by atoms with E-state index in [1.807, 2.05) is 19.1 Å². The van der Waals surface area contributed by atoms with Crippen LogP contribution in [0.5, 0.6) is 0 Å². The van der Waals surface area contributed by atoms with E-state index in [-0.39, 0.29) is 6.61 Å². The van der Waals surface area contributed by atoms with Gasteiger partial charge in [-0.3, -0.25) is 4.98 Å². The van der Waals surface area contributed by atoms with E-state index in [2.05, 4.69) is 4.98 Å². The summed E-state index contributed by atoms with van der Waals surface area (Å²) in [5, 5.41) is 8.77. The normalized spacial score (nSPS) is 15.6. The molecule has 0 fully saturated rings. The van der Waals surface area contributed by atoms with Crippen LogP contribution in [-0.2, 0) is 5.54 Å². The largest absolute Gasteiger partial charge is 0.396 e. The van der Waals surface area contributed by atoms with Crippen molar-refractivity contribution in [1.29, 1.82) is 0 Å². The van der Waals surface area contributed by atoms with Crippen LogP contribution in [0.3, 0.4) is 0 Å². The Morgan fingerprint density at radius 2 is 2.08 bits per heavy atom. The van der Waals surface area contributed by atoms with Gasteiger partial charge in [-0.15, -0.1) is 0 Å². The van der Waals surface area contributed by atoms with Crippen molar-refractivity contribution in [2.75, 3.05) is 6.61 Å². The van der Waals surface area contributed by atoms with Gasteiger partial charge in [-0.1, -0.05) is 0 Å². The molecule has 3 N–H and O–H groups in total. The summed E-state index contributed by atoms with van der Waals surface area (Å²) in [6.07, 6.45) is 3.98. The zero-order valence-corrected chi connectivity index (χ0v) is 7.20. The lowest BCUT2D eigenvalue weighted by Crippen LogP contribution is -2.33. The van der Waals surface area contributed by atoms with E-state index in [1.165, 1.54) is 0 Å². The molecule has 0 amide bonds. The van der Waals surface area contributed by atoms with E-state index >= 15 is 0 Å². The zero-order valence-electron chi connectivity index (χ0n) is 7.20. The molecule has 1 aromatic heterocycles. The summed E-state index contributed by atoms with van der Waals surface area (Å²) in [5.41, 5.74) is 6.52. The first-order valence-electron chi connectivity index (χ1n) is 3.97. The third-order valence-corrected chi connectivity index (χ3v) is 1.97. The first kappa shape index (κ1) is 9.16. The van der Waals surface area contributed by atoms with Gasteiger partial charge in [0.2, 0.25) is 0 Å². The number of hydrogen-bond acceptors (Lipinski definition) is 3. The van der Waals surface area contributed by atoms with Gasteiger partial charge in [-0.25, -0.2) is 0 Å². The average Bonchev–Trinajstić information content (AvgIpc) is 2.06. The molecule has 1 unspecified atom stereocenters. The third-order valence-electron chi connectivity index (χ3n) is 1.97. The van der Waals surface area contributed by atoms with Crippen molar-refractivity contribution in [2.24, 2.45) is 5.73 Å². The molecule has 3 nitrogen and oxygen atoms in total. The Bertz CT molecular complexity index is 234. The molecule has 1 rings (SSSR count). The lowest BCUT2D eigenvalue weighted by Gasteiger charge is -2.23. The first-order chi connectivity index (χ1) is 5.67. The van der Waals surface area contributed by atoms with Crippen LogP contribution < -0.4 is 5.73 Å². The molecule has 0 aromatic carbocycles. The van der Waals surface area contributed by atoms with E-state index < -0.39 is 5.54 Å². The molecule has 0 aliphatic rings. The van der Waals surface area contributed by atoms with Crippen molar-refractivity contribution in [1.82, 2.24) is 4.98 Å². The van der Waals surface area contributed by atoms with Crippen LogP contribution in [0, 0.1) is 0 Å². The second-order valence-corrected chi connectivity index (χ2v) is 3.13. The van der Waals surface area contributed by atoms with E-state index in [0.717, 1.165) is 5.56 Å². The van der Waals surface area contributed by atoms with Crippen LogP contribution >= 0.6 is 0 Å². The van der Waals surface area contributed by atoms with Crippen molar-refractivity contribution in [3.05, 3.63) is 30.1 Å². The van der Waals surface area contributed by atoms with Crippen molar-refractivity contribution in [2.45, 2.75) is 18.9 Å². The molecule has 0 saturated carbocycles. The highest BCUT2D eigenvalue weighted by Crippen LogP contribution is 2.19. The fourth-order valence-electron chi connectivity index (χ4n) is 1.11. The quantitative estimate of drug-likeness (QED) is 0.692. The van der Waals surface area contributed by atoms with Gasteiger partial charge in [0.15, 0.2) is 0 Å². The smallest absolute Gasteiger partial charge is 0.0451 e. The van der Waals surface area contributed by atoms with Gasteiger partial charge >= 0.3 is 0 Å². The van der Waals surface area contributed by atoms with E-state index in [1.54, 1.807) is 12.4 Å². The molecule has 12 heavy (non-hydrogen) atoms. The number of nitrogens with zero attached hydrogens (tertiary/aromatic N) is 1. The number of aromatic nitrogens is 1. The molecule has 0 bridgehead atoms. The molecule has 0 aliphatic heterocycles. The highest BCUT2D eigenvalue weighted by Gasteiger charge is 2.19. The van der Waals surface area contributed by atoms with Gasteiger partial charge in [0, 0.05) is 24.5 Å². The highest BCUT2D eigenvalue weighted by molar-refractivity contribution is 5.19. The van der Waals surface area contributed by atoms with Crippen LogP contribution in [0.15, 0.2) is 24.5 Å². The Kier molecular flexibility index (Phi) is 2.78. The molecule has 66 valence electrons. The average molecular weight is 166 g/mol. The Labute approximate surface area is 72.2 Å². The SMILES string of the molecule is CC(N)(CCO)c1ccncc1. The molecule has 1 atom stereocenters. The maximum Gasteiger partial charge on any atom is 0.0451 e. The molecule has 1 aromatic rings. The fraction of sp³-hybridized carbons (Fsp3) is 0.444. The van der Waals surface area contributed by atoms with Crippen molar-refractivity contribution >= 4 is 0 Å². The summed E-state index contributed by atoms with van der Waals surface area (Å²) >= 11 is 0. The van der Waals surface area contributed by atoms with Gasteiger partial charge in [0.05, 0.1) is 0 Å². The van der Waals surface area contributed by atoms with E-state index in [4.69, 9.17) is 10.8 Å². The maximum atomic E-state index is 8.77. The molecule has 0 radical (unpaired) electrons. The van der Waals surface area contributed by atoms with E-state index in [9.17, 15) is 0 Å². The molecular weight excluding hydrogens is 152 g/mol. The van der Waals surface area contributed by atoms with Crippen LogP contribution in [0.2, 0.25) is 0 Å². The van der Waals surface area contributed by atoms with Crippen molar-refractivity contribution < 1.29 is 5.11 Å². The van der Waals surface area contributed by atoms with Gasteiger partial charge < -0.3 is 10.8 Å². The van der Waals surface area contributed by atoms with Crippen LogP contribution in [-0.4, -0.2) is 16.7 Å². The highest BCUT2D eigenvalue weighted by atomic mass is 16.3. The minimum Gasteiger partial charge on any atom is -0.396 e. The summed E-state index contributed by atoms with van der Waals surface area (Å²) in [6.45, 7) is 2.01. The Hall–Kier alpha value is -0.930. The fourth-order valence-corrected chi connectivity index (χ4v) is 1.11. The standard InChI is InChI=1S/C9H14N2O/c1-9(10,4-7-12)8-2-5-11-6-3-8/h2-3,5-6,12H,4,7,10H2,1H3. The van der Waals surface area contributed by atoms with Crippen molar-refractivity contribution in [3.63, 3.8) is 0 Å². The predicted molar refractivity (Wildman–Crippen MR) is 47.5 cm³/mol. The number of aliphatic hydroxyl groups is 1.